The fourth-order valence-corrected chi connectivity index (χ4v) is 8.65. The monoisotopic (exact) mass is 721 g/mol. The molecule has 2 fully saturated rings. The number of rotatable bonds is 10. The number of hydrogen-bond acceptors (Lipinski definition) is 5. The quantitative estimate of drug-likeness (QED) is 0.228. The molecule has 2 aromatic carbocycles. The minimum Gasteiger partial charge on any atom is -0.480 e. The number of aliphatic carboxylic acids is 1. The first-order chi connectivity index (χ1) is 20.5. The topological polar surface area (TPSA) is 56.7 Å². The fraction of sp³-hybridized carbons (Fsp3) is 0.529. The average Bonchev–Trinajstić information content (AvgIpc) is 3.53. The minimum absolute atomic E-state index is 0. The summed E-state index contributed by atoms with van der Waals surface area (Å²) in [5.41, 5.74) is 2.44. The molecule has 4 atom stereocenters. The van der Waals surface area contributed by atoms with Gasteiger partial charge in [-0.1, -0.05) is 32.0 Å². The van der Waals surface area contributed by atoms with Gasteiger partial charge in [0.1, 0.15) is 23.5 Å². The molecule has 1 aromatic heterocycles. The highest BCUT2D eigenvalue weighted by Crippen LogP contribution is 2.44. The number of thiazole rings is 1. The van der Waals surface area contributed by atoms with Crippen LogP contribution in [0, 0.1) is 36.2 Å². The van der Waals surface area contributed by atoms with Gasteiger partial charge in [-0.15, -0.1) is 48.6 Å². The maximum absolute atomic E-state index is 14.3. The predicted molar refractivity (Wildman–Crippen MR) is 186 cm³/mol. The van der Waals surface area contributed by atoms with Crippen LogP contribution in [0.4, 0.5) is 13.2 Å². The lowest BCUT2D eigenvalue weighted by atomic mass is 9.87. The van der Waals surface area contributed by atoms with Gasteiger partial charge in [0.05, 0.1) is 10.7 Å². The van der Waals surface area contributed by atoms with E-state index in [0.29, 0.717) is 23.8 Å². The second-order valence-electron chi connectivity index (χ2n) is 12.8. The molecule has 2 aliphatic rings. The van der Waals surface area contributed by atoms with E-state index in [0.717, 1.165) is 67.6 Å². The van der Waals surface area contributed by atoms with Crippen LogP contribution in [0.3, 0.4) is 0 Å². The summed E-state index contributed by atoms with van der Waals surface area (Å²) in [6.07, 6.45) is 4.06. The van der Waals surface area contributed by atoms with E-state index in [1.54, 1.807) is 23.5 Å². The number of aryl methyl sites for hydroxylation is 1. The third-order valence-electron chi connectivity index (χ3n) is 9.53. The number of carboxylic acids is 1. The van der Waals surface area contributed by atoms with Gasteiger partial charge in [0, 0.05) is 30.0 Å². The van der Waals surface area contributed by atoms with Crippen LogP contribution >= 0.6 is 48.6 Å². The molecule has 1 saturated heterocycles. The molecule has 2 heterocycles. The van der Waals surface area contributed by atoms with Crippen LogP contribution in [0.1, 0.15) is 78.1 Å². The molecular formula is C34H45Cl3F3N3O2S. The highest BCUT2D eigenvalue weighted by Gasteiger charge is 2.42. The van der Waals surface area contributed by atoms with Crippen molar-refractivity contribution in [3.8, 4) is 0 Å². The van der Waals surface area contributed by atoms with E-state index >= 15 is 0 Å². The van der Waals surface area contributed by atoms with E-state index < -0.39 is 23.6 Å². The standard InChI is InChI=1S/C34H42F3N3O2S.3ClH/c1-20(2)32(34(41)42)39(4)28-15-25(29(18-28)23-6-5-7-26(35)14-23)19-40-12-10-22(11-13-40)33-21(3)38-31(43-33)16-24-8-9-27(36)17-30(24)37;;;/h5-9,14,17,20,22,25,28-29,32H,10-13,15-16,18-19H2,1-4H3,(H,41,42);3*1H/t25?,28?,29?,32-;;;/m1.../s1. The summed E-state index contributed by atoms with van der Waals surface area (Å²) in [7, 11) is 1.93. The Morgan fingerprint density at radius 2 is 1.72 bits per heavy atom. The largest absolute Gasteiger partial charge is 0.480 e. The van der Waals surface area contributed by atoms with Crippen molar-refractivity contribution in [1.29, 1.82) is 0 Å². The zero-order chi connectivity index (χ0) is 30.8. The van der Waals surface area contributed by atoms with Crippen molar-refractivity contribution < 1.29 is 23.1 Å². The smallest absolute Gasteiger partial charge is 0.321 e. The van der Waals surface area contributed by atoms with Gasteiger partial charge in [-0.05, 0) is 106 Å². The molecule has 1 aliphatic heterocycles. The SMILES string of the molecule is Cc1nc(Cc2ccc(F)cc2F)sc1C1CCN(CC2CC(N(C)[C@@H](C(=O)O)C(C)C)CC2c2cccc(F)c2)CC1.Cl.Cl.Cl. The second-order valence-corrected chi connectivity index (χ2v) is 13.9. The van der Waals surface area contributed by atoms with Crippen LogP contribution < -0.4 is 0 Å². The van der Waals surface area contributed by atoms with Crippen molar-refractivity contribution in [2.75, 3.05) is 26.7 Å². The number of carbonyl (C=O) groups is 1. The summed E-state index contributed by atoms with van der Waals surface area (Å²) in [6.45, 7) is 8.70. The van der Waals surface area contributed by atoms with Crippen LogP contribution in [0.2, 0.25) is 0 Å². The summed E-state index contributed by atoms with van der Waals surface area (Å²) < 4.78 is 41.8. The zero-order valence-electron chi connectivity index (χ0n) is 26.6. The first-order valence-electron chi connectivity index (χ1n) is 15.3. The number of piperidine rings is 1. The van der Waals surface area contributed by atoms with E-state index in [1.807, 2.05) is 38.8 Å². The third kappa shape index (κ3) is 9.38. The highest BCUT2D eigenvalue weighted by molar-refractivity contribution is 7.11. The molecule has 0 radical (unpaired) electrons. The molecule has 0 spiro atoms. The van der Waals surface area contributed by atoms with E-state index in [9.17, 15) is 23.1 Å². The molecule has 1 aliphatic carbocycles. The van der Waals surface area contributed by atoms with Crippen molar-refractivity contribution >= 4 is 54.5 Å². The molecule has 0 bridgehead atoms. The van der Waals surface area contributed by atoms with Crippen molar-refractivity contribution in [2.24, 2.45) is 11.8 Å². The van der Waals surface area contributed by atoms with Crippen LogP contribution in [-0.2, 0) is 11.2 Å². The van der Waals surface area contributed by atoms with Gasteiger partial charge in [-0.3, -0.25) is 9.69 Å². The average molecular weight is 723 g/mol. The van der Waals surface area contributed by atoms with E-state index in [-0.39, 0.29) is 60.9 Å². The maximum Gasteiger partial charge on any atom is 0.321 e. The van der Waals surface area contributed by atoms with E-state index in [4.69, 9.17) is 4.98 Å². The molecule has 1 N–H and O–H groups in total. The number of likely N-dealkylation sites (N-methyl/N-ethyl adjacent to an activating group) is 1. The molecule has 3 unspecified atom stereocenters. The fourth-order valence-electron chi connectivity index (χ4n) is 7.39. The highest BCUT2D eigenvalue weighted by atomic mass is 35.5. The summed E-state index contributed by atoms with van der Waals surface area (Å²) in [4.78, 5) is 22.6. The van der Waals surface area contributed by atoms with Gasteiger partial charge in [0.15, 0.2) is 0 Å². The lowest BCUT2D eigenvalue weighted by Gasteiger charge is -2.35. The molecule has 256 valence electrons. The maximum atomic E-state index is 14.3. The Balaban J connectivity index is 0.00000245. The molecule has 5 nitrogen and oxygen atoms in total. The Hall–Kier alpha value is -1.88. The number of aromatic nitrogens is 1. The molecule has 1 saturated carbocycles. The van der Waals surface area contributed by atoms with Crippen molar-refractivity contribution in [1.82, 2.24) is 14.8 Å². The number of likely N-dealkylation sites (tertiary alicyclic amines) is 1. The van der Waals surface area contributed by atoms with Crippen molar-refractivity contribution in [2.45, 2.75) is 76.8 Å². The van der Waals surface area contributed by atoms with Crippen LogP contribution in [0.5, 0.6) is 0 Å². The lowest BCUT2D eigenvalue weighted by molar-refractivity contribution is -0.145. The first-order valence-corrected chi connectivity index (χ1v) is 16.1. The van der Waals surface area contributed by atoms with Gasteiger partial charge in [0.2, 0.25) is 0 Å². The van der Waals surface area contributed by atoms with Gasteiger partial charge < -0.3 is 10.0 Å². The Kier molecular flexibility index (Phi) is 15.3. The molecule has 3 aromatic rings. The minimum atomic E-state index is -0.797. The first kappa shape index (κ1) is 40.3. The number of benzene rings is 2. The van der Waals surface area contributed by atoms with Gasteiger partial charge in [0.25, 0.3) is 0 Å². The predicted octanol–water partition coefficient (Wildman–Crippen LogP) is 8.51. The van der Waals surface area contributed by atoms with Crippen molar-refractivity contribution in [3.63, 3.8) is 0 Å². The Labute approximate surface area is 293 Å². The summed E-state index contributed by atoms with van der Waals surface area (Å²) in [5.74, 6) is -1.30. The Morgan fingerprint density at radius 3 is 2.33 bits per heavy atom. The van der Waals surface area contributed by atoms with Gasteiger partial charge >= 0.3 is 5.97 Å². The number of nitrogens with zero attached hydrogens (tertiary/aromatic N) is 3. The molecule has 12 heteroatoms. The summed E-state index contributed by atoms with van der Waals surface area (Å²) in [5, 5.41) is 10.8. The molecule has 5 rings (SSSR count). The molecule has 0 amide bonds. The van der Waals surface area contributed by atoms with E-state index in [2.05, 4.69) is 4.90 Å². The van der Waals surface area contributed by atoms with Crippen LogP contribution in [-0.4, -0.2) is 64.6 Å². The molecule has 46 heavy (non-hydrogen) atoms. The normalized spacial score (nSPS) is 21.0. The summed E-state index contributed by atoms with van der Waals surface area (Å²) >= 11 is 1.64. The third-order valence-corrected chi connectivity index (χ3v) is 10.9. The molecular weight excluding hydrogens is 678 g/mol. The van der Waals surface area contributed by atoms with Crippen molar-refractivity contribution in [3.05, 3.63) is 86.6 Å². The second kappa shape index (κ2) is 17.5. The lowest BCUT2D eigenvalue weighted by Crippen LogP contribution is -2.47. The van der Waals surface area contributed by atoms with Gasteiger partial charge in [-0.2, -0.15) is 0 Å². The number of halogens is 6. The zero-order valence-corrected chi connectivity index (χ0v) is 29.9. The van der Waals surface area contributed by atoms with Crippen LogP contribution in [0.25, 0.3) is 0 Å². The van der Waals surface area contributed by atoms with Crippen LogP contribution in [0.15, 0.2) is 42.5 Å². The van der Waals surface area contributed by atoms with Gasteiger partial charge in [-0.25, -0.2) is 18.2 Å². The number of carboxylic acid groups (broad SMARTS) is 1. The Bertz CT molecular complexity index is 1440. The Morgan fingerprint density at radius 1 is 1.04 bits per heavy atom. The van der Waals surface area contributed by atoms with E-state index in [1.165, 1.54) is 23.1 Å². The number of hydrogen-bond donors (Lipinski definition) is 1. The summed E-state index contributed by atoms with van der Waals surface area (Å²) in [6, 6.07) is 10.2.